The quantitative estimate of drug-likeness (QED) is 0.883. The molecule has 2 N–H and O–H groups in total. The van der Waals surface area contributed by atoms with E-state index in [1.807, 2.05) is 6.07 Å². The summed E-state index contributed by atoms with van der Waals surface area (Å²) >= 11 is 6.44. The van der Waals surface area contributed by atoms with Crippen LogP contribution >= 0.6 is 11.6 Å². The van der Waals surface area contributed by atoms with Gasteiger partial charge in [-0.1, -0.05) is 36.9 Å². The lowest BCUT2D eigenvalue weighted by Gasteiger charge is -2.35. The van der Waals surface area contributed by atoms with Crippen molar-refractivity contribution in [3.05, 3.63) is 28.3 Å². The number of halogens is 1. The van der Waals surface area contributed by atoms with E-state index >= 15 is 0 Å². The molecule has 0 aliphatic heterocycles. The molecular weight excluding hydrogens is 270 g/mol. The summed E-state index contributed by atoms with van der Waals surface area (Å²) in [6, 6.07) is 4.17. The van der Waals surface area contributed by atoms with Crippen LogP contribution in [0.4, 0.5) is 0 Å². The molecule has 0 unspecified atom stereocenters. The van der Waals surface area contributed by atoms with Gasteiger partial charge >= 0.3 is 0 Å². The van der Waals surface area contributed by atoms with Gasteiger partial charge in [-0.3, -0.25) is 0 Å². The standard InChI is InChI=1S/C17H24ClNO/c1-12-9-14(17(19)7-3-2-4-8-17)16(15(18)10-12)20-11-13-5-6-13/h9-10,13H,2-8,11,19H2,1H3. The lowest BCUT2D eigenvalue weighted by atomic mass is 9.76. The van der Waals surface area contributed by atoms with Crippen molar-refractivity contribution >= 4 is 11.6 Å². The van der Waals surface area contributed by atoms with Crippen LogP contribution in [0, 0.1) is 12.8 Å². The Kier molecular flexibility index (Phi) is 3.96. The molecule has 0 amide bonds. The molecule has 2 saturated carbocycles. The molecule has 3 rings (SSSR count). The summed E-state index contributed by atoms with van der Waals surface area (Å²) in [7, 11) is 0. The van der Waals surface area contributed by atoms with Gasteiger partial charge in [0.15, 0.2) is 0 Å². The molecule has 0 spiro atoms. The van der Waals surface area contributed by atoms with Crippen molar-refractivity contribution in [3.63, 3.8) is 0 Å². The third-order valence-electron chi connectivity index (χ3n) is 4.63. The van der Waals surface area contributed by atoms with Gasteiger partial charge in [0, 0.05) is 11.1 Å². The predicted octanol–water partition coefficient (Wildman–Crippen LogP) is 4.56. The number of ether oxygens (including phenoxy) is 1. The molecule has 3 heteroatoms. The van der Waals surface area contributed by atoms with Gasteiger partial charge < -0.3 is 10.5 Å². The minimum Gasteiger partial charge on any atom is -0.491 e. The number of benzene rings is 1. The van der Waals surface area contributed by atoms with Gasteiger partial charge in [0.2, 0.25) is 0 Å². The van der Waals surface area contributed by atoms with Crippen LogP contribution in [0.1, 0.15) is 56.1 Å². The molecule has 110 valence electrons. The van der Waals surface area contributed by atoms with E-state index in [9.17, 15) is 0 Å². The Bertz CT molecular complexity index is 490. The Morgan fingerprint density at radius 1 is 1.25 bits per heavy atom. The van der Waals surface area contributed by atoms with Crippen molar-refractivity contribution in [2.75, 3.05) is 6.61 Å². The molecule has 1 aromatic carbocycles. The Morgan fingerprint density at radius 3 is 2.60 bits per heavy atom. The lowest BCUT2D eigenvalue weighted by molar-refractivity contribution is 0.263. The normalized spacial score (nSPS) is 21.8. The summed E-state index contributed by atoms with van der Waals surface area (Å²) in [4.78, 5) is 0. The fourth-order valence-corrected chi connectivity index (χ4v) is 3.51. The van der Waals surface area contributed by atoms with Gasteiger partial charge in [-0.25, -0.2) is 0 Å². The van der Waals surface area contributed by atoms with Gasteiger partial charge in [-0.15, -0.1) is 0 Å². The third kappa shape index (κ3) is 2.96. The second-order valence-corrected chi connectivity index (χ2v) is 7.00. The zero-order chi connectivity index (χ0) is 14.2. The van der Waals surface area contributed by atoms with Crippen LogP contribution in [0.15, 0.2) is 12.1 Å². The highest BCUT2D eigenvalue weighted by Crippen LogP contribution is 2.43. The van der Waals surface area contributed by atoms with Crippen molar-refractivity contribution in [1.29, 1.82) is 0 Å². The van der Waals surface area contributed by atoms with Crippen LogP contribution in [0.3, 0.4) is 0 Å². The molecule has 2 aliphatic carbocycles. The van der Waals surface area contributed by atoms with E-state index in [4.69, 9.17) is 22.1 Å². The summed E-state index contributed by atoms with van der Waals surface area (Å²) in [5, 5.41) is 0.719. The van der Waals surface area contributed by atoms with E-state index in [0.717, 1.165) is 41.7 Å². The van der Waals surface area contributed by atoms with Gasteiger partial charge in [-0.05, 0) is 50.2 Å². The van der Waals surface area contributed by atoms with E-state index in [1.165, 1.54) is 37.7 Å². The Morgan fingerprint density at radius 2 is 1.95 bits per heavy atom. The van der Waals surface area contributed by atoms with Crippen LogP contribution < -0.4 is 10.5 Å². The molecule has 0 radical (unpaired) electrons. The molecule has 0 saturated heterocycles. The Labute approximate surface area is 126 Å². The van der Waals surface area contributed by atoms with Crippen molar-refractivity contribution < 1.29 is 4.74 Å². The number of rotatable bonds is 4. The molecule has 2 aliphatic rings. The Balaban J connectivity index is 1.93. The summed E-state index contributed by atoms with van der Waals surface area (Å²) in [6.07, 6.45) is 8.32. The lowest BCUT2D eigenvalue weighted by Crippen LogP contribution is -2.39. The first-order valence-electron chi connectivity index (χ1n) is 7.81. The highest BCUT2D eigenvalue weighted by atomic mass is 35.5. The first-order chi connectivity index (χ1) is 9.58. The molecule has 0 bridgehead atoms. The zero-order valence-electron chi connectivity index (χ0n) is 12.3. The van der Waals surface area contributed by atoms with Gasteiger partial charge in [0.25, 0.3) is 0 Å². The third-order valence-corrected chi connectivity index (χ3v) is 4.91. The van der Waals surface area contributed by atoms with Crippen molar-refractivity contribution in [2.24, 2.45) is 11.7 Å². The molecule has 0 heterocycles. The summed E-state index contributed by atoms with van der Waals surface area (Å²) in [5.74, 6) is 1.56. The first kappa shape index (κ1) is 14.2. The topological polar surface area (TPSA) is 35.2 Å². The molecule has 0 atom stereocenters. The minimum absolute atomic E-state index is 0.257. The van der Waals surface area contributed by atoms with Crippen molar-refractivity contribution in [2.45, 2.75) is 57.4 Å². The van der Waals surface area contributed by atoms with Gasteiger partial charge in [0.1, 0.15) is 5.75 Å². The molecule has 0 aromatic heterocycles. The second-order valence-electron chi connectivity index (χ2n) is 6.59. The number of hydrogen-bond acceptors (Lipinski definition) is 2. The Hall–Kier alpha value is -0.730. The summed E-state index contributed by atoms with van der Waals surface area (Å²) < 4.78 is 6.05. The first-order valence-corrected chi connectivity index (χ1v) is 8.18. The minimum atomic E-state index is -0.257. The van der Waals surface area contributed by atoms with Crippen molar-refractivity contribution in [1.82, 2.24) is 0 Å². The van der Waals surface area contributed by atoms with E-state index < -0.39 is 0 Å². The molecule has 2 nitrogen and oxygen atoms in total. The molecule has 20 heavy (non-hydrogen) atoms. The van der Waals surface area contributed by atoms with E-state index in [0.29, 0.717) is 0 Å². The fraction of sp³-hybridized carbons (Fsp3) is 0.647. The average Bonchev–Trinajstić information content (AvgIpc) is 3.22. The zero-order valence-corrected chi connectivity index (χ0v) is 13.0. The summed E-state index contributed by atoms with van der Waals surface area (Å²) in [6.45, 7) is 2.86. The molecule has 2 fully saturated rings. The van der Waals surface area contributed by atoms with E-state index in [2.05, 4.69) is 13.0 Å². The van der Waals surface area contributed by atoms with Crippen molar-refractivity contribution in [3.8, 4) is 5.75 Å². The predicted molar refractivity (Wildman–Crippen MR) is 83.4 cm³/mol. The molecular formula is C17H24ClNO. The van der Waals surface area contributed by atoms with Crippen LogP contribution in [-0.4, -0.2) is 6.61 Å². The smallest absolute Gasteiger partial charge is 0.142 e. The SMILES string of the molecule is Cc1cc(Cl)c(OCC2CC2)c(C2(N)CCCCC2)c1. The van der Waals surface area contributed by atoms with Crippen LogP contribution in [0.5, 0.6) is 5.75 Å². The molecule has 1 aromatic rings. The fourth-order valence-electron chi connectivity index (χ4n) is 3.18. The maximum absolute atomic E-state index is 6.70. The second kappa shape index (κ2) is 5.57. The monoisotopic (exact) mass is 293 g/mol. The van der Waals surface area contributed by atoms with Gasteiger partial charge in [0.05, 0.1) is 11.6 Å². The van der Waals surface area contributed by atoms with Gasteiger partial charge in [-0.2, -0.15) is 0 Å². The number of nitrogens with two attached hydrogens (primary N) is 1. The highest BCUT2D eigenvalue weighted by Gasteiger charge is 2.34. The largest absolute Gasteiger partial charge is 0.491 e. The van der Waals surface area contributed by atoms with E-state index in [-0.39, 0.29) is 5.54 Å². The van der Waals surface area contributed by atoms with E-state index in [1.54, 1.807) is 0 Å². The summed E-state index contributed by atoms with van der Waals surface area (Å²) in [5.41, 5.74) is 8.74. The number of hydrogen-bond donors (Lipinski definition) is 1. The average molecular weight is 294 g/mol. The highest BCUT2D eigenvalue weighted by molar-refractivity contribution is 6.32. The van der Waals surface area contributed by atoms with Crippen LogP contribution in [0.2, 0.25) is 5.02 Å². The number of aryl methyl sites for hydroxylation is 1. The maximum Gasteiger partial charge on any atom is 0.142 e. The van der Waals surface area contributed by atoms with Crippen LogP contribution in [-0.2, 0) is 5.54 Å². The van der Waals surface area contributed by atoms with Crippen LogP contribution in [0.25, 0.3) is 0 Å². The maximum atomic E-state index is 6.70.